The molecule has 5 heteroatoms. The van der Waals surface area contributed by atoms with Crippen LogP contribution in [-0.2, 0) is 16.8 Å². The van der Waals surface area contributed by atoms with Gasteiger partial charge in [0.25, 0.3) is 0 Å². The maximum atomic E-state index is 11.1. The molecule has 4 nitrogen and oxygen atoms in total. The average Bonchev–Trinajstić information content (AvgIpc) is 2.74. The molecule has 1 saturated heterocycles. The van der Waals surface area contributed by atoms with E-state index in [-0.39, 0.29) is 11.7 Å². The Bertz CT molecular complexity index is 477. The molecule has 18 heavy (non-hydrogen) atoms. The molecule has 1 aromatic rings. The van der Waals surface area contributed by atoms with Gasteiger partial charge in [-0.25, -0.2) is 4.79 Å². The standard InChI is InChI=1S/C13H17NO3S/c1-8-6-9-7-10(12(15)16)18-11(9)13(17-8)2-4-14-5-3-13/h7-8,14H,2-6H2,1H3,(H,15,16). The fraction of sp³-hybridized carbons (Fsp3) is 0.615. The van der Waals surface area contributed by atoms with E-state index in [4.69, 9.17) is 9.84 Å². The van der Waals surface area contributed by atoms with Crippen molar-refractivity contribution in [2.24, 2.45) is 0 Å². The van der Waals surface area contributed by atoms with Crippen molar-refractivity contribution in [2.45, 2.75) is 37.9 Å². The van der Waals surface area contributed by atoms with Gasteiger partial charge in [-0.1, -0.05) is 0 Å². The fourth-order valence-electron chi connectivity index (χ4n) is 3.04. The number of hydrogen-bond acceptors (Lipinski definition) is 4. The molecule has 1 aromatic heterocycles. The molecule has 0 aromatic carbocycles. The Morgan fingerprint density at radius 2 is 2.28 bits per heavy atom. The molecule has 1 spiro atoms. The second-order valence-corrected chi connectivity index (χ2v) is 6.20. The van der Waals surface area contributed by atoms with Gasteiger partial charge in [0.2, 0.25) is 0 Å². The number of fused-ring (bicyclic) bond motifs is 2. The van der Waals surface area contributed by atoms with E-state index >= 15 is 0 Å². The second kappa shape index (κ2) is 4.33. The molecule has 2 aliphatic rings. The number of hydrogen-bond donors (Lipinski definition) is 2. The zero-order chi connectivity index (χ0) is 12.8. The monoisotopic (exact) mass is 267 g/mol. The van der Waals surface area contributed by atoms with E-state index in [1.807, 2.05) is 6.07 Å². The first-order valence-electron chi connectivity index (χ1n) is 6.36. The topological polar surface area (TPSA) is 58.6 Å². The van der Waals surface area contributed by atoms with Crippen molar-refractivity contribution in [2.75, 3.05) is 13.1 Å². The van der Waals surface area contributed by atoms with Crippen molar-refractivity contribution < 1.29 is 14.6 Å². The second-order valence-electron chi connectivity index (χ2n) is 5.15. The first kappa shape index (κ1) is 12.1. The van der Waals surface area contributed by atoms with Crippen LogP contribution in [0.25, 0.3) is 0 Å². The van der Waals surface area contributed by atoms with Crippen LogP contribution in [-0.4, -0.2) is 30.3 Å². The minimum absolute atomic E-state index is 0.173. The SMILES string of the molecule is CC1Cc2cc(C(=O)O)sc2C2(CCNCC2)O1. The lowest BCUT2D eigenvalue weighted by atomic mass is 9.84. The molecule has 2 aliphatic heterocycles. The molecule has 2 N–H and O–H groups in total. The summed E-state index contributed by atoms with van der Waals surface area (Å²) in [6.07, 6.45) is 2.87. The summed E-state index contributed by atoms with van der Waals surface area (Å²) < 4.78 is 6.21. The number of ether oxygens (including phenoxy) is 1. The molecule has 1 atom stereocenters. The third-order valence-electron chi connectivity index (χ3n) is 3.78. The van der Waals surface area contributed by atoms with Gasteiger partial charge in [0.05, 0.1) is 6.10 Å². The number of carboxylic acid groups (broad SMARTS) is 1. The van der Waals surface area contributed by atoms with Gasteiger partial charge in [-0.15, -0.1) is 11.3 Å². The molecule has 0 radical (unpaired) electrons. The average molecular weight is 267 g/mol. The Hall–Kier alpha value is -0.910. The number of rotatable bonds is 1. The summed E-state index contributed by atoms with van der Waals surface area (Å²) in [5, 5.41) is 12.5. The lowest BCUT2D eigenvalue weighted by Gasteiger charge is -2.43. The third kappa shape index (κ3) is 1.86. The molecule has 3 rings (SSSR count). The van der Waals surface area contributed by atoms with Crippen LogP contribution in [0.15, 0.2) is 6.07 Å². The molecular formula is C13H17NO3S. The van der Waals surface area contributed by atoms with E-state index < -0.39 is 5.97 Å². The predicted molar refractivity (Wildman–Crippen MR) is 69.3 cm³/mol. The van der Waals surface area contributed by atoms with Gasteiger partial charge in [0.1, 0.15) is 10.5 Å². The van der Waals surface area contributed by atoms with Crippen LogP contribution in [0.2, 0.25) is 0 Å². The first-order valence-corrected chi connectivity index (χ1v) is 7.17. The summed E-state index contributed by atoms with van der Waals surface area (Å²) in [5.41, 5.74) is 0.939. The molecule has 1 fully saturated rings. The third-order valence-corrected chi connectivity index (χ3v) is 5.13. The van der Waals surface area contributed by atoms with E-state index in [9.17, 15) is 4.79 Å². The molecule has 0 amide bonds. The molecular weight excluding hydrogens is 250 g/mol. The van der Waals surface area contributed by atoms with Crippen molar-refractivity contribution in [3.8, 4) is 0 Å². The molecule has 0 aliphatic carbocycles. The predicted octanol–water partition coefficient (Wildman–Crippen LogP) is 1.99. The highest BCUT2D eigenvalue weighted by atomic mass is 32.1. The van der Waals surface area contributed by atoms with Crippen molar-refractivity contribution >= 4 is 17.3 Å². The summed E-state index contributed by atoms with van der Waals surface area (Å²) in [6.45, 7) is 3.95. The van der Waals surface area contributed by atoms with Crippen molar-refractivity contribution in [3.05, 3.63) is 21.4 Å². The molecule has 3 heterocycles. The Labute approximate surface area is 110 Å². The van der Waals surface area contributed by atoms with Crippen LogP contribution in [0, 0.1) is 0 Å². The van der Waals surface area contributed by atoms with Gasteiger partial charge in [-0.2, -0.15) is 0 Å². The summed E-state index contributed by atoms with van der Waals surface area (Å²) in [4.78, 5) is 12.7. The first-order chi connectivity index (χ1) is 8.61. The zero-order valence-corrected chi connectivity index (χ0v) is 11.2. The van der Waals surface area contributed by atoms with Crippen LogP contribution in [0.4, 0.5) is 0 Å². The molecule has 1 unspecified atom stereocenters. The molecule has 98 valence electrons. The lowest BCUT2D eigenvalue weighted by molar-refractivity contribution is -0.117. The highest BCUT2D eigenvalue weighted by Crippen LogP contribution is 2.45. The largest absolute Gasteiger partial charge is 0.477 e. The zero-order valence-electron chi connectivity index (χ0n) is 10.4. The van der Waals surface area contributed by atoms with Crippen molar-refractivity contribution in [3.63, 3.8) is 0 Å². The minimum Gasteiger partial charge on any atom is -0.477 e. The minimum atomic E-state index is -0.828. The Balaban J connectivity index is 2.05. The lowest BCUT2D eigenvalue weighted by Crippen LogP contribution is -2.46. The van der Waals surface area contributed by atoms with E-state index in [1.165, 1.54) is 16.9 Å². The normalized spacial score (nSPS) is 25.9. The van der Waals surface area contributed by atoms with E-state index in [0.29, 0.717) is 4.88 Å². The van der Waals surface area contributed by atoms with E-state index in [0.717, 1.165) is 37.2 Å². The van der Waals surface area contributed by atoms with Gasteiger partial charge >= 0.3 is 5.97 Å². The van der Waals surface area contributed by atoms with Gasteiger partial charge in [-0.05, 0) is 50.9 Å². The maximum Gasteiger partial charge on any atom is 0.345 e. The summed E-state index contributed by atoms with van der Waals surface area (Å²) in [7, 11) is 0. The Kier molecular flexibility index (Phi) is 2.92. The quantitative estimate of drug-likeness (QED) is 0.817. The summed E-state index contributed by atoms with van der Waals surface area (Å²) in [5.74, 6) is -0.828. The van der Waals surface area contributed by atoms with Gasteiger partial charge in [0.15, 0.2) is 0 Å². The number of carbonyl (C=O) groups is 1. The summed E-state index contributed by atoms with van der Waals surface area (Å²) >= 11 is 1.40. The fourth-order valence-corrected chi connectivity index (χ4v) is 4.26. The number of thiophene rings is 1. The van der Waals surface area contributed by atoms with Gasteiger partial charge in [-0.3, -0.25) is 0 Å². The van der Waals surface area contributed by atoms with Gasteiger partial charge < -0.3 is 15.2 Å². The molecule has 0 bridgehead atoms. The molecule has 0 saturated carbocycles. The van der Waals surface area contributed by atoms with Crippen LogP contribution in [0.3, 0.4) is 0 Å². The van der Waals surface area contributed by atoms with Crippen LogP contribution in [0.1, 0.15) is 39.9 Å². The smallest absolute Gasteiger partial charge is 0.345 e. The number of nitrogens with one attached hydrogen (secondary N) is 1. The van der Waals surface area contributed by atoms with Crippen LogP contribution < -0.4 is 5.32 Å². The number of aromatic carboxylic acids is 1. The van der Waals surface area contributed by atoms with E-state index in [2.05, 4.69) is 12.2 Å². The summed E-state index contributed by atoms with van der Waals surface area (Å²) in [6, 6.07) is 1.84. The maximum absolute atomic E-state index is 11.1. The highest BCUT2D eigenvalue weighted by molar-refractivity contribution is 7.14. The number of carboxylic acids is 1. The van der Waals surface area contributed by atoms with Crippen molar-refractivity contribution in [1.82, 2.24) is 5.32 Å². The van der Waals surface area contributed by atoms with Crippen LogP contribution in [0.5, 0.6) is 0 Å². The number of piperidine rings is 1. The van der Waals surface area contributed by atoms with E-state index in [1.54, 1.807) is 0 Å². The van der Waals surface area contributed by atoms with Crippen LogP contribution >= 0.6 is 11.3 Å². The Morgan fingerprint density at radius 1 is 1.56 bits per heavy atom. The highest BCUT2D eigenvalue weighted by Gasteiger charge is 2.43. The Morgan fingerprint density at radius 3 is 2.94 bits per heavy atom. The van der Waals surface area contributed by atoms with Gasteiger partial charge in [0, 0.05) is 4.88 Å². The van der Waals surface area contributed by atoms with Crippen molar-refractivity contribution in [1.29, 1.82) is 0 Å².